The molecule has 6 heteroatoms. The summed E-state index contributed by atoms with van der Waals surface area (Å²) < 4.78 is 10.3. The van der Waals surface area contributed by atoms with Crippen molar-refractivity contribution in [3.63, 3.8) is 0 Å². The van der Waals surface area contributed by atoms with Crippen LogP contribution in [-0.2, 0) is 14.3 Å². The zero-order valence-electron chi connectivity index (χ0n) is 14.2. The van der Waals surface area contributed by atoms with E-state index in [4.69, 9.17) is 9.47 Å². The van der Waals surface area contributed by atoms with Crippen molar-refractivity contribution in [3.8, 4) is 0 Å². The van der Waals surface area contributed by atoms with Crippen molar-refractivity contribution in [2.45, 2.75) is 39.7 Å². The van der Waals surface area contributed by atoms with Crippen molar-refractivity contribution in [2.75, 3.05) is 39.3 Å². The maximum Gasteiger partial charge on any atom is 0.410 e. The van der Waals surface area contributed by atoms with Gasteiger partial charge < -0.3 is 14.4 Å². The van der Waals surface area contributed by atoms with Crippen LogP contribution in [0.25, 0.3) is 0 Å². The predicted molar refractivity (Wildman–Crippen MR) is 84.6 cm³/mol. The Balaban J connectivity index is 2.47. The number of rotatable bonds is 4. The minimum Gasteiger partial charge on any atom is -0.463 e. The largest absolute Gasteiger partial charge is 0.463 e. The van der Waals surface area contributed by atoms with E-state index < -0.39 is 5.60 Å². The van der Waals surface area contributed by atoms with Gasteiger partial charge in [0.05, 0.1) is 6.61 Å². The SMILES string of the molecule is C=C(CN1CCCN(C(=O)OC(C)(C)C)CC1)C(=O)OCC. The van der Waals surface area contributed by atoms with Crippen LogP contribution in [0.2, 0.25) is 0 Å². The zero-order chi connectivity index (χ0) is 16.8. The Labute approximate surface area is 133 Å². The third-order valence-corrected chi connectivity index (χ3v) is 3.22. The molecule has 1 aliphatic heterocycles. The molecule has 1 fully saturated rings. The summed E-state index contributed by atoms with van der Waals surface area (Å²) in [6, 6.07) is 0. The molecule has 1 heterocycles. The van der Waals surface area contributed by atoms with Crippen molar-refractivity contribution in [1.82, 2.24) is 9.80 Å². The summed E-state index contributed by atoms with van der Waals surface area (Å²) in [4.78, 5) is 27.5. The van der Waals surface area contributed by atoms with E-state index >= 15 is 0 Å². The fourth-order valence-corrected chi connectivity index (χ4v) is 2.21. The fraction of sp³-hybridized carbons (Fsp3) is 0.750. The van der Waals surface area contributed by atoms with Gasteiger partial charge in [-0.1, -0.05) is 6.58 Å². The molecule has 1 saturated heterocycles. The van der Waals surface area contributed by atoms with E-state index in [1.807, 2.05) is 20.8 Å². The molecular formula is C16H28N2O4. The molecular weight excluding hydrogens is 284 g/mol. The second-order valence-electron chi connectivity index (χ2n) is 6.42. The molecule has 0 spiro atoms. The van der Waals surface area contributed by atoms with E-state index in [1.54, 1.807) is 11.8 Å². The smallest absolute Gasteiger partial charge is 0.410 e. The Morgan fingerprint density at radius 2 is 1.82 bits per heavy atom. The lowest BCUT2D eigenvalue weighted by atomic mass is 10.2. The van der Waals surface area contributed by atoms with E-state index in [9.17, 15) is 9.59 Å². The van der Waals surface area contributed by atoms with Gasteiger partial charge in [-0.2, -0.15) is 0 Å². The van der Waals surface area contributed by atoms with Crippen LogP contribution in [0.5, 0.6) is 0 Å². The Hall–Kier alpha value is -1.56. The molecule has 1 amide bonds. The number of amides is 1. The number of ether oxygens (including phenoxy) is 2. The summed E-state index contributed by atoms with van der Waals surface area (Å²) in [5.74, 6) is -0.351. The predicted octanol–water partition coefficient (Wildman–Crippen LogP) is 2.05. The molecule has 1 aliphatic rings. The molecule has 0 N–H and O–H groups in total. The second-order valence-corrected chi connectivity index (χ2v) is 6.42. The first kappa shape index (κ1) is 18.5. The van der Waals surface area contributed by atoms with Gasteiger partial charge in [0, 0.05) is 38.3 Å². The lowest BCUT2D eigenvalue weighted by molar-refractivity contribution is -0.138. The minimum absolute atomic E-state index is 0.279. The van der Waals surface area contributed by atoms with Crippen LogP contribution < -0.4 is 0 Å². The second kappa shape index (κ2) is 8.17. The van der Waals surface area contributed by atoms with Gasteiger partial charge in [-0.05, 0) is 34.1 Å². The van der Waals surface area contributed by atoms with Crippen LogP contribution >= 0.6 is 0 Å². The van der Waals surface area contributed by atoms with E-state index in [0.717, 1.165) is 13.0 Å². The molecule has 0 aromatic carbocycles. The molecule has 0 radical (unpaired) electrons. The molecule has 0 aliphatic carbocycles. The van der Waals surface area contributed by atoms with E-state index in [1.165, 1.54) is 0 Å². The highest BCUT2D eigenvalue weighted by molar-refractivity contribution is 5.88. The minimum atomic E-state index is -0.485. The van der Waals surface area contributed by atoms with Crippen LogP contribution in [0.1, 0.15) is 34.1 Å². The molecule has 0 aromatic rings. The highest BCUT2D eigenvalue weighted by atomic mass is 16.6. The third kappa shape index (κ3) is 6.47. The summed E-state index contributed by atoms with van der Waals surface area (Å²) in [6.07, 6.45) is 0.564. The highest BCUT2D eigenvalue weighted by Gasteiger charge is 2.25. The fourth-order valence-electron chi connectivity index (χ4n) is 2.21. The van der Waals surface area contributed by atoms with Gasteiger partial charge in [0.15, 0.2) is 0 Å². The molecule has 0 atom stereocenters. The monoisotopic (exact) mass is 312 g/mol. The van der Waals surface area contributed by atoms with E-state index in [2.05, 4.69) is 11.5 Å². The normalized spacial score (nSPS) is 16.8. The van der Waals surface area contributed by atoms with Gasteiger partial charge in [-0.25, -0.2) is 9.59 Å². The van der Waals surface area contributed by atoms with Crippen molar-refractivity contribution in [3.05, 3.63) is 12.2 Å². The van der Waals surface area contributed by atoms with Gasteiger partial charge in [-0.15, -0.1) is 0 Å². The van der Waals surface area contributed by atoms with Crippen molar-refractivity contribution in [2.24, 2.45) is 0 Å². The van der Waals surface area contributed by atoms with Crippen molar-refractivity contribution in [1.29, 1.82) is 0 Å². The number of carbonyl (C=O) groups excluding carboxylic acids is 2. The summed E-state index contributed by atoms with van der Waals surface area (Å²) in [5, 5.41) is 0. The van der Waals surface area contributed by atoms with Crippen LogP contribution in [0.3, 0.4) is 0 Å². The number of esters is 1. The van der Waals surface area contributed by atoms with Gasteiger partial charge in [-0.3, -0.25) is 4.90 Å². The van der Waals surface area contributed by atoms with Crippen LogP contribution in [-0.4, -0.2) is 66.8 Å². The zero-order valence-corrected chi connectivity index (χ0v) is 14.2. The number of nitrogens with zero attached hydrogens (tertiary/aromatic N) is 2. The Bertz CT molecular complexity index is 415. The summed E-state index contributed by atoms with van der Waals surface area (Å²) in [5.41, 5.74) is -0.0334. The quantitative estimate of drug-likeness (QED) is 0.587. The highest BCUT2D eigenvalue weighted by Crippen LogP contribution is 2.12. The summed E-state index contributed by atoms with van der Waals surface area (Å²) >= 11 is 0. The maximum atomic E-state index is 12.1. The average molecular weight is 312 g/mol. The lowest BCUT2D eigenvalue weighted by Crippen LogP contribution is -2.39. The lowest BCUT2D eigenvalue weighted by Gasteiger charge is -2.26. The number of carbonyl (C=O) groups is 2. The number of hydrogen-bond donors (Lipinski definition) is 0. The molecule has 0 bridgehead atoms. The first-order valence-electron chi connectivity index (χ1n) is 7.78. The molecule has 1 rings (SSSR count). The van der Waals surface area contributed by atoms with Gasteiger partial charge in [0.1, 0.15) is 5.60 Å². The van der Waals surface area contributed by atoms with Gasteiger partial charge in [0.2, 0.25) is 0 Å². The van der Waals surface area contributed by atoms with Crippen LogP contribution in [0.15, 0.2) is 12.2 Å². The Kier molecular flexibility index (Phi) is 6.87. The molecule has 126 valence electrons. The first-order valence-corrected chi connectivity index (χ1v) is 7.78. The summed E-state index contributed by atoms with van der Waals surface area (Å²) in [7, 11) is 0. The molecule has 22 heavy (non-hydrogen) atoms. The van der Waals surface area contributed by atoms with Crippen molar-refractivity contribution < 1.29 is 19.1 Å². The first-order chi connectivity index (χ1) is 10.2. The maximum absolute atomic E-state index is 12.1. The summed E-state index contributed by atoms with van der Waals surface area (Å²) in [6.45, 7) is 14.7. The third-order valence-electron chi connectivity index (χ3n) is 3.22. The van der Waals surface area contributed by atoms with Crippen LogP contribution in [0, 0.1) is 0 Å². The van der Waals surface area contributed by atoms with E-state index in [-0.39, 0.29) is 12.1 Å². The van der Waals surface area contributed by atoms with Gasteiger partial charge in [0.25, 0.3) is 0 Å². The average Bonchev–Trinajstić information content (AvgIpc) is 2.62. The van der Waals surface area contributed by atoms with E-state index in [0.29, 0.717) is 38.4 Å². The van der Waals surface area contributed by atoms with Gasteiger partial charge >= 0.3 is 12.1 Å². The Morgan fingerprint density at radius 1 is 1.14 bits per heavy atom. The molecule has 0 unspecified atom stereocenters. The number of hydrogen-bond acceptors (Lipinski definition) is 5. The Morgan fingerprint density at radius 3 is 2.41 bits per heavy atom. The molecule has 6 nitrogen and oxygen atoms in total. The van der Waals surface area contributed by atoms with Crippen LogP contribution in [0.4, 0.5) is 4.79 Å². The topological polar surface area (TPSA) is 59.1 Å². The standard InChI is InChI=1S/C16H28N2O4/c1-6-21-14(19)13(2)12-17-8-7-9-18(11-10-17)15(20)22-16(3,4)5/h2,6-12H2,1,3-5H3. The molecule has 0 saturated carbocycles. The molecule has 0 aromatic heterocycles. The van der Waals surface area contributed by atoms with Crippen molar-refractivity contribution >= 4 is 12.1 Å².